The third kappa shape index (κ3) is 3.98. The molecule has 0 aliphatic carbocycles. The van der Waals surface area contributed by atoms with E-state index in [1.165, 1.54) is 7.11 Å². The number of nitrogens with one attached hydrogen (secondary N) is 1. The van der Waals surface area contributed by atoms with Crippen LogP contribution in [-0.2, 0) is 6.54 Å². The van der Waals surface area contributed by atoms with E-state index in [0.29, 0.717) is 23.6 Å². The van der Waals surface area contributed by atoms with Crippen LogP contribution in [0.4, 0.5) is 0 Å². The number of amides is 1. The molecular formula is C16H16BrNO3. The summed E-state index contributed by atoms with van der Waals surface area (Å²) < 4.78 is 11.4. The van der Waals surface area contributed by atoms with Crippen LogP contribution in [0.1, 0.15) is 15.9 Å². The van der Waals surface area contributed by atoms with Crippen LogP contribution in [-0.4, -0.2) is 20.1 Å². The van der Waals surface area contributed by atoms with Crippen LogP contribution < -0.4 is 14.8 Å². The van der Waals surface area contributed by atoms with Crippen molar-refractivity contribution in [1.82, 2.24) is 5.32 Å². The lowest BCUT2D eigenvalue weighted by Crippen LogP contribution is -2.23. The highest BCUT2D eigenvalue weighted by atomic mass is 79.9. The fourth-order valence-corrected chi connectivity index (χ4v) is 2.13. The standard InChI is InChI=1S/C16H16BrNO3/c1-20-13-7-8-14(15(9-13)21-2)16(19)18-10-11-3-5-12(17)6-4-11/h3-9H,10H2,1-2H3,(H,18,19). The minimum absolute atomic E-state index is 0.183. The molecule has 0 fully saturated rings. The number of carbonyl (C=O) groups is 1. The summed E-state index contributed by atoms with van der Waals surface area (Å²) in [6.45, 7) is 0.460. The molecular weight excluding hydrogens is 334 g/mol. The zero-order chi connectivity index (χ0) is 15.2. The molecule has 4 nitrogen and oxygen atoms in total. The maximum Gasteiger partial charge on any atom is 0.255 e. The monoisotopic (exact) mass is 349 g/mol. The summed E-state index contributed by atoms with van der Waals surface area (Å²) in [7, 11) is 3.10. The van der Waals surface area contributed by atoms with Crippen LogP contribution in [0.3, 0.4) is 0 Å². The topological polar surface area (TPSA) is 47.6 Å². The predicted molar refractivity (Wildman–Crippen MR) is 84.9 cm³/mol. The number of rotatable bonds is 5. The summed E-state index contributed by atoms with van der Waals surface area (Å²) in [5, 5.41) is 2.87. The molecule has 0 aromatic heterocycles. The quantitative estimate of drug-likeness (QED) is 0.899. The van der Waals surface area contributed by atoms with Crippen LogP contribution in [0.2, 0.25) is 0 Å². The summed E-state index contributed by atoms with van der Waals surface area (Å²) >= 11 is 3.38. The van der Waals surface area contributed by atoms with Crippen molar-refractivity contribution >= 4 is 21.8 Å². The number of ether oxygens (including phenoxy) is 2. The van der Waals surface area contributed by atoms with E-state index in [2.05, 4.69) is 21.2 Å². The fraction of sp³-hybridized carbons (Fsp3) is 0.188. The molecule has 0 heterocycles. The molecule has 2 aromatic carbocycles. The van der Waals surface area contributed by atoms with Gasteiger partial charge in [-0.2, -0.15) is 0 Å². The Morgan fingerprint density at radius 3 is 2.43 bits per heavy atom. The molecule has 1 N–H and O–H groups in total. The zero-order valence-corrected chi connectivity index (χ0v) is 13.4. The summed E-state index contributed by atoms with van der Waals surface area (Å²) in [5.41, 5.74) is 1.51. The highest BCUT2D eigenvalue weighted by Gasteiger charge is 2.12. The van der Waals surface area contributed by atoms with Crippen molar-refractivity contribution in [3.63, 3.8) is 0 Å². The molecule has 0 spiro atoms. The minimum Gasteiger partial charge on any atom is -0.497 e. The van der Waals surface area contributed by atoms with Crippen molar-refractivity contribution in [1.29, 1.82) is 0 Å². The van der Waals surface area contributed by atoms with E-state index < -0.39 is 0 Å². The van der Waals surface area contributed by atoms with Crippen LogP contribution in [0, 0.1) is 0 Å². The predicted octanol–water partition coefficient (Wildman–Crippen LogP) is 3.40. The second-order valence-electron chi connectivity index (χ2n) is 4.38. The van der Waals surface area contributed by atoms with Gasteiger partial charge in [0.25, 0.3) is 5.91 Å². The van der Waals surface area contributed by atoms with Gasteiger partial charge in [-0.1, -0.05) is 28.1 Å². The van der Waals surface area contributed by atoms with Gasteiger partial charge in [-0.25, -0.2) is 0 Å². The molecule has 0 atom stereocenters. The first-order chi connectivity index (χ1) is 10.1. The Hall–Kier alpha value is -2.01. The van der Waals surface area contributed by atoms with Gasteiger partial charge < -0.3 is 14.8 Å². The summed E-state index contributed by atoms with van der Waals surface area (Å²) in [5.74, 6) is 0.955. The number of methoxy groups -OCH3 is 2. The second kappa shape index (κ2) is 7.13. The fourth-order valence-electron chi connectivity index (χ4n) is 1.87. The lowest BCUT2D eigenvalue weighted by atomic mass is 10.1. The molecule has 0 aliphatic heterocycles. The summed E-state index contributed by atoms with van der Waals surface area (Å²) in [4.78, 5) is 12.2. The first kappa shape index (κ1) is 15.4. The highest BCUT2D eigenvalue weighted by molar-refractivity contribution is 9.10. The second-order valence-corrected chi connectivity index (χ2v) is 5.29. The number of benzene rings is 2. The average Bonchev–Trinajstić information content (AvgIpc) is 2.53. The Morgan fingerprint density at radius 2 is 1.81 bits per heavy atom. The highest BCUT2D eigenvalue weighted by Crippen LogP contribution is 2.24. The number of hydrogen-bond donors (Lipinski definition) is 1. The van der Waals surface area contributed by atoms with E-state index in [4.69, 9.17) is 9.47 Å². The molecule has 0 radical (unpaired) electrons. The molecule has 2 rings (SSSR count). The SMILES string of the molecule is COc1ccc(C(=O)NCc2ccc(Br)cc2)c(OC)c1. The molecule has 0 saturated carbocycles. The number of halogens is 1. The molecule has 0 unspecified atom stereocenters. The summed E-state index contributed by atoms with van der Waals surface area (Å²) in [6.07, 6.45) is 0. The number of carbonyl (C=O) groups excluding carboxylic acids is 1. The Bertz CT molecular complexity index is 626. The van der Waals surface area contributed by atoms with Crippen molar-refractivity contribution in [2.45, 2.75) is 6.54 Å². The zero-order valence-electron chi connectivity index (χ0n) is 11.9. The van der Waals surface area contributed by atoms with Gasteiger partial charge in [0.05, 0.1) is 19.8 Å². The lowest BCUT2D eigenvalue weighted by Gasteiger charge is -2.11. The summed E-state index contributed by atoms with van der Waals surface area (Å²) in [6, 6.07) is 12.9. The normalized spacial score (nSPS) is 10.0. The Morgan fingerprint density at radius 1 is 1.10 bits per heavy atom. The molecule has 0 aliphatic rings. The van der Waals surface area contributed by atoms with Gasteiger partial charge in [-0.05, 0) is 29.8 Å². The van der Waals surface area contributed by atoms with Gasteiger partial charge in [-0.15, -0.1) is 0 Å². The Kier molecular flexibility index (Phi) is 5.22. The van der Waals surface area contributed by atoms with Gasteiger partial charge in [0.15, 0.2) is 0 Å². The van der Waals surface area contributed by atoms with Gasteiger partial charge in [0, 0.05) is 17.1 Å². The smallest absolute Gasteiger partial charge is 0.255 e. The number of hydrogen-bond acceptors (Lipinski definition) is 3. The molecule has 21 heavy (non-hydrogen) atoms. The Labute approximate surface area is 132 Å². The van der Waals surface area contributed by atoms with Crippen LogP contribution in [0.25, 0.3) is 0 Å². The van der Waals surface area contributed by atoms with Crippen molar-refractivity contribution in [3.05, 3.63) is 58.1 Å². The maximum atomic E-state index is 12.2. The van der Waals surface area contributed by atoms with Gasteiger partial charge in [0.1, 0.15) is 11.5 Å². The van der Waals surface area contributed by atoms with E-state index in [0.717, 1.165) is 10.0 Å². The average molecular weight is 350 g/mol. The van der Waals surface area contributed by atoms with Crippen molar-refractivity contribution in [3.8, 4) is 11.5 Å². The minimum atomic E-state index is -0.183. The molecule has 5 heteroatoms. The maximum absolute atomic E-state index is 12.2. The van der Waals surface area contributed by atoms with E-state index >= 15 is 0 Å². The third-order valence-corrected chi connectivity index (χ3v) is 3.55. The third-order valence-electron chi connectivity index (χ3n) is 3.02. The van der Waals surface area contributed by atoms with E-state index in [-0.39, 0.29) is 5.91 Å². The van der Waals surface area contributed by atoms with Crippen LogP contribution >= 0.6 is 15.9 Å². The first-order valence-corrected chi connectivity index (χ1v) is 7.18. The van der Waals surface area contributed by atoms with E-state index in [9.17, 15) is 4.79 Å². The van der Waals surface area contributed by atoms with Crippen LogP contribution in [0.5, 0.6) is 11.5 Å². The lowest BCUT2D eigenvalue weighted by molar-refractivity contribution is 0.0948. The molecule has 0 saturated heterocycles. The molecule has 2 aromatic rings. The van der Waals surface area contributed by atoms with E-state index in [1.54, 1.807) is 25.3 Å². The largest absolute Gasteiger partial charge is 0.497 e. The van der Waals surface area contributed by atoms with Crippen molar-refractivity contribution in [2.75, 3.05) is 14.2 Å². The Balaban J connectivity index is 2.07. The molecule has 0 bridgehead atoms. The first-order valence-electron chi connectivity index (χ1n) is 6.38. The van der Waals surface area contributed by atoms with Crippen LogP contribution in [0.15, 0.2) is 46.9 Å². The van der Waals surface area contributed by atoms with Crippen molar-refractivity contribution in [2.24, 2.45) is 0 Å². The van der Waals surface area contributed by atoms with Gasteiger partial charge in [-0.3, -0.25) is 4.79 Å². The molecule has 1 amide bonds. The van der Waals surface area contributed by atoms with E-state index in [1.807, 2.05) is 24.3 Å². The van der Waals surface area contributed by atoms with Gasteiger partial charge >= 0.3 is 0 Å². The van der Waals surface area contributed by atoms with Gasteiger partial charge in [0.2, 0.25) is 0 Å². The van der Waals surface area contributed by atoms with Crippen molar-refractivity contribution < 1.29 is 14.3 Å². The molecule has 110 valence electrons.